The first-order chi connectivity index (χ1) is 15.6. The van der Waals surface area contributed by atoms with Crippen LogP contribution in [0.4, 0.5) is 5.69 Å². The monoisotopic (exact) mass is 426 g/mol. The van der Waals surface area contributed by atoms with Crippen LogP contribution >= 0.6 is 0 Å². The summed E-state index contributed by atoms with van der Waals surface area (Å²) in [6.07, 6.45) is 3.02. The minimum absolute atomic E-state index is 0.0240. The zero-order valence-electron chi connectivity index (χ0n) is 19.2. The second-order valence-electron chi connectivity index (χ2n) is 9.15. The van der Waals surface area contributed by atoms with E-state index in [-0.39, 0.29) is 17.9 Å². The Morgan fingerprint density at radius 3 is 2.06 bits per heavy atom. The molecule has 4 rings (SSSR count). The standard InChI is InChI=1S/C29H34N2O/c1-22-10-9-19-31(21-22)27-17-15-24(16-18-27)23(2)30-29(32)20-28(25-11-5-3-6-12-25)26-13-7-4-8-14-26/h3-8,11-18,22-23,28H,9-10,19-21H2,1-2H3,(H,30,32)/t22-,23-/m1/s1. The Balaban J connectivity index is 1.41. The Bertz CT molecular complexity index is 945. The molecule has 1 fully saturated rings. The number of nitrogens with zero attached hydrogens (tertiary/aromatic N) is 1. The van der Waals surface area contributed by atoms with Gasteiger partial charge in [-0.25, -0.2) is 0 Å². The van der Waals surface area contributed by atoms with Crippen LogP contribution in [-0.4, -0.2) is 19.0 Å². The summed E-state index contributed by atoms with van der Waals surface area (Å²) in [6.45, 7) is 6.66. The van der Waals surface area contributed by atoms with Crippen molar-refractivity contribution >= 4 is 11.6 Å². The molecule has 1 heterocycles. The zero-order chi connectivity index (χ0) is 22.3. The summed E-state index contributed by atoms with van der Waals surface area (Å²) in [5.74, 6) is 0.876. The van der Waals surface area contributed by atoms with E-state index in [1.165, 1.54) is 29.7 Å². The number of hydrogen-bond acceptors (Lipinski definition) is 2. The average Bonchev–Trinajstić information content (AvgIpc) is 2.84. The summed E-state index contributed by atoms with van der Waals surface area (Å²) >= 11 is 0. The van der Waals surface area contributed by atoms with Crippen LogP contribution in [0.1, 0.15) is 61.8 Å². The van der Waals surface area contributed by atoms with E-state index >= 15 is 0 Å². The lowest BCUT2D eigenvalue weighted by Gasteiger charge is -2.33. The Kier molecular flexibility index (Phi) is 7.26. The summed E-state index contributed by atoms with van der Waals surface area (Å²) in [6, 6.07) is 29.3. The summed E-state index contributed by atoms with van der Waals surface area (Å²) in [7, 11) is 0. The molecule has 3 aromatic rings. The summed E-state index contributed by atoms with van der Waals surface area (Å²) < 4.78 is 0. The van der Waals surface area contributed by atoms with Gasteiger partial charge in [0.2, 0.25) is 5.91 Å². The van der Waals surface area contributed by atoms with Gasteiger partial charge in [0.05, 0.1) is 6.04 Å². The van der Waals surface area contributed by atoms with Crippen molar-refractivity contribution in [1.29, 1.82) is 0 Å². The molecule has 1 saturated heterocycles. The fourth-order valence-electron chi connectivity index (χ4n) is 4.77. The van der Waals surface area contributed by atoms with Crippen molar-refractivity contribution in [2.75, 3.05) is 18.0 Å². The zero-order valence-corrected chi connectivity index (χ0v) is 19.2. The molecule has 3 aromatic carbocycles. The highest BCUT2D eigenvalue weighted by molar-refractivity contribution is 5.78. The molecule has 3 heteroatoms. The molecule has 1 N–H and O–H groups in total. The molecule has 0 radical (unpaired) electrons. The van der Waals surface area contributed by atoms with Gasteiger partial charge in [0.25, 0.3) is 0 Å². The van der Waals surface area contributed by atoms with Crippen LogP contribution in [0, 0.1) is 5.92 Å². The summed E-state index contributed by atoms with van der Waals surface area (Å²) in [5.41, 5.74) is 4.76. The van der Waals surface area contributed by atoms with Gasteiger partial charge in [-0.3, -0.25) is 4.79 Å². The highest BCUT2D eigenvalue weighted by Crippen LogP contribution is 2.29. The predicted octanol–water partition coefficient (Wildman–Crippen LogP) is 6.32. The molecule has 1 aliphatic heterocycles. The number of carbonyl (C=O) groups is 1. The lowest BCUT2D eigenvalue weighted by Crippen LogP contribution is -2.34. The molecule has 0 aliphatic carbocycles. The maximum Gasteiger partial charge on any atom is 0.221 e. The minimum atomic E-state index is -0.0240. The van der Waals surface area contributed by atoms with Gasteiger partial charge in [-0.1, -0.05) is 79.7 Å². The van der Waals surface area contributed by atoms with E-state index in [1.54, 1.807) is 0 Å². The maximum atomic E-state index is 13.0. The molecule has 0 unspecified atom stereocenters. The molecular weight excluding hydrogens is 392 g/mol. The molecule has 0 bridgehead atoms. The minimum Gasteiger partial charge on any atom is -0.371 e. The molecule has 2 atom stereocenters. The van der Waals surface area contributed by atoms with E-state index in [9.17, 15) is 4.79 Å². The van der Waals surface area contributed by atoms with Gasteiger partial charge in [-0.15, -0.1) is 0 Å². The second-order valence-corrected chi connectivity index (χ2v) is 9.15. The van der Waals surface area contributed by atoms with E-state index in [4.69, 9.17) is 0 Å². The predicted molar refractivity (Wildman–Crippen MR) is 133 cm³/mol. The first-order valence-electron chi connectivity index (χ1n) is 11.8. The Hall–Kier alpha value is -3.07. The molecule has 166 valence electrons. The first kappa shape index (κ1) is 22.1. The molecule has 3 nitrogen and oxygen atoms in total. The van der Waals surface area contributed by atoms with Crippen molar-refractivity contribution in [3.63, 3.8) is 0 Å². The van der Waals surface area contributed by atoms with Crippen LogP contribution in [0.3, 0.4) is 0 Å². The summed E-state index contributed by atoms with van der Waals surface area (Å²) in [4.78, 5) is 15.5. The SMILES string of the molecule is C[C@@H]1CCCN(c2ccc([C@@H](C)NC(=O)CC(c3ccccc3)c3ccccc3)cc2)C1. The van der Waals surface area contributed by atoms with Crippen molar-refractivity contribution in [2.45, 2.75) is 45.1 Å². The van der Waals surface area contributed by atoms with Crippen molar-refractivity contribution in [3.8, 4) is 0 Å². The lowest BCUT2D eigenvalue weighted by atomic mass is 9.88. The number of carbonyl (C=O) groups excluding carboxylic acids is 1. The quantitative estimate of drug-likeness (QED) is 0.479. The van der Waals surface area contributed by atoms with Gasteiger partial charge in [-0.2, -0.15) is 0 Å². The van der Waals surface area contributed by atoms with E-state index in [0.29, 0.717) is 6.42 Å². The molecular formula is C29H34N2O. The Morgan fingerprint density at radius 1 is 0.906 bits per heavy atom. The van der Waals surface area contributed by atoms with Gasteiger partial charge in [0.1, 0.15) is 0 Å². The molecule has 0 saturated carbocycles. The topological polar surface area (TPSA) is 32.3 Å². The number of rotatable bonds is 7. The number of benzene rings is 3. The normalized spacial score (nSPS) is 17.2. The first-order valence-corrected chi connectivity index (χ1v) is 11.8. The van der Waals surface area contributed by atoms with Gasteiger partial charge in [-0.05, 0) is 54.5 Å². The molecule has 0 spiro atoms. The van der Waals surface area contributed by atoms with Gasteiger partial charge in [0, 0.05) is 31.1 Å². The van der Waals surface area contributed by atoms with Gasteiger partial charge >= 0.3 is 0 Å². The van der Waals surface area contributed by atoms with Crippen LogP contribution in [0.25, 0.3) is 0 Å². The van der Waals surface area contributed by atoms with Crippen LogP contribution in [0.2, 0.25) is 0 Å². The van der Waals surface area contributed by atoms with E-state index in [1.807, 2.05) is 36.4 Å². The third-order valence-corrected chi connectivity index (χ3v) is 6.59. The fraction of sp³-hybridized carbons (Fsp3) is 0.345. The van der Waals surface area contributed by atoms with Crippen molar-refractivity contribution < 1.29 is 4.79 Å². The summed E-state index contributed by atoms with van der Waals surface area (Å²) in [5, 5.41) is 3.22. The third-order valence-electron chi connectivity index (χ3n) is 6.59. The van der Waals surface area contributed by atoms with Crippen molar-refractivity contribution in [3.05, 3.63) is 102 Å². The third kappa shape index (κ3) is 5.59. The number of hydrogen-bond donors (Lipinski definition) is 1. The van der Waals surface area contributed by atoms with Gasteiger partial charge < -0.3 is 10.2 Å². The van der Waals surface area contributed by atoms with Crippen LogP contribution < -0.4 is 10.2 Å². The molecule has 0 aromatic heterocycles. The van der Waals surface area contributed by atoms with Crippen LogP contribution in [0.5, 0.6) is 0 Å². The van der Waals surface area contributed by atoms with Crippen molar-refractivity contribution in [1.82, 2.24) is 5.32 Å². The molecule has 1 aliphatic rings. The second kappa shape index (κ2) is 10.5. The maximum absolute atomic E-state index is 13.0. The van der Waals surface area contributed by atoms with Gasteiger partial charge in [0.15, 0.2) is 0 Å². The smallest absolute Gasteiger partial charge is 0.221 e. The van der Waals surface area contributed by atoms with Crippen LogP contribution in [-0.2, 0) is 4.79 Å². The Labute approximate surface area is 192 Å². The highest BCUT2D eigenvalue weighted by atomic mass is 16.1. The van der Waals surface area contributed by atoms with E-state index in [0.717, 1.165) is 24.6 Å². The number of piperidine rings is 1. The number of nitrogens with one attached hydrogen (secondary N) is 1. The average molecular weight is 427 g/mol. The fourth-order valence-corrected chi connectivity index (χ4v) is 4.77. The number of amides is 1. The van der Waals surface area contributed by atoms with Crippen molar-refractivity contribution in [2.24, 2.45) is 5.92 Å². The highest BCUT2D eigenvalue weighted by Gasteiger charge is 2.20. The number of anilines is 1. The largest absolute Gasteiger partial charge is 0.371 e. The van der Waals surface area contributed by atoms with Crippen LogP contribution in [0.15, 0.2) is 84.9 Å². The Morgan fingerprint density at radius 2 is 1.50 bits per heavy atom. The van der Waals surface area contributed by atoms with E-state index in [2.05, 4.69) is 72.6 Å². The lowest BCUT2D eigenvalue weighted by molar-refractivity contribution is -0.121. The molecule has 32 heavy (non-hydrogen) atoms. The van der Waals surface area contributed by atoms with E-state index < -0.39 is 0 Å². The molecule has 1 amide bonds.